The first-order chi connectivity index (χ1) is 7.74. The van der Waals surface area contributed by atoms with Crippen LogP contribution in [0.1, 0.15) is 19.3 Å². The molecule has 4 atom stereocenters. The zero-order valence-corrected chi connectivity index (χ0v) is 10.8. The van der Waals surface area contributed by atoms with Gasteiger partial charge in [0.2, 0.25) is 0 Å². The summed E-state index contributed by atoms with van der Waals surface area (Å²) in [5.41, 5.74) is 2.57. The van der Waals surface area contributed by atoms with E-state index in [0.29, 0.717) is 28.2 Å². The van der Waals surface area contributed by atoms with Gasteiger partial charge in [-0.15, -0.1) is 0 Å². The molecule has 0 amide bonds. The van der Waals surface area contributed by atoms with Crippen molar-refractivity contribution in [3.05, 3.63) is 22.2 Å². The third kappa shape index (κ3) is 1.34. The first-order valence-corrected chi connectivity index (χ1v) is 6.68. The molecule has 3 aliphatic rings. The molecule has 86 valence electrons. The van der Waals surface area contributed by atoms with E-state index in [1.807, 2.05) is 7.05 Å². The number of halogens is 2. The quantitative estimate of drug-likeness (QED) is 0.621. The van der Waals surface area contributed by atoms with E-state index in [1.54, 1.807) is 0 Å². The standard InChI is InChI=1S/C13H15Cl2N/c1-16-10-4-2-3-7-8-5-6-9(11(7)10)12(8)13(14)15/h2,4,7-9,11H,3,5-6H2,1H3. The third-order valence-corrected chi connectivity index (χ3v) is 4.95. The number of allylic oxidation sites excluding steroid dienone is 3. The summed E-state index contributed by atoms with van der Waals surface area (Å²) in [7, 11) is 1.89. The normalized spacial score (nSPS) is 42.9. The molecule has 0 aromatic heterocycles. The van der Waals surface area contributed by atoms with Gasteiger partial charge in [0.05, 0.1) is 0 Å². The van der Waals surface area contributed by atoms with E-state index < -0.39 is 0 Å². The maximum absolute atomic E-state index is 6.05. The fourth-order valence-corrected chi connectivity index (χ4v) is 4.57. The average molecular weight is 256 g/mol. The Morgan fingerprint density at radius 3 is 2.75 bits per heavy atom. The van der Waals surface area contributed by atoms with Crippen LogP contribution in [0.5, 0.6) is 0 Å². The zero-order chi connectivity index (χ0) is 11.3. The monoisotopic (exact) mass is 255 g/mol. The minimum absolute atomic E-state index is 0.525. The van der Waals surface area contributed by atoms with E-state index in [-0.39, 0.29) is 0 Å². The molecule has 0 spiro atoms. The van der Waals surface area contributed by atoms with Crippen LogP contribution in [0.4, 0.5) is 0 Å². The van der Waals surface area contributed by atoms with Gasteiger partial charge < -0.3 is 0 Å². The molecule has 3 heteroatoms. The molecule has 0 N–H and O–H groups in total. The molecule has 0 saturated heterocycles. The molecule has 0 heterocycles. The van der Waals surface area contributed by atoms with Gasteiger partial charge in [0.15, 0.2) is 0 Å². The van der Waals surface area contributed by atoms with Crippen molar-refractivity contribution in [3.8, 4) is 0 Å². The predicted octanol–water partition coefficient (Wildman–Crippen LogP) is 3.98. The highest BCUT2D eigenvalue weighted by Gasteiger charge is 2.53. The first-order valence-electron chi connectivity index (χ1n) is 5.92. The van der Waals surface area contributed by atoms with Crippen molar-refractivity contribution < 1.29 is 0 Å². The first kappa shape index (κ1) is 10.9. The Balaban J connectivity index is 2.06. The fourth-order valence-electron chi connectivity index (χ4n) is 4.01. The van der Waals surface area contributed by atoms with Gasteiger partial charge in [0, 0.05) is 18.7 Å². The summed E-state index contributed by atoms with van der Waals surface area (Å²) in [6, 6.07) is 0. The van der Waals surface area contributed by atoms with Crippen LogP contribution in [0.2, 0.25) is 0 Å². The zero-order valence-electron chi connectivity index (χ0n) is 9.29. The number of nitrogens with zero attached hydrogens (tertiary/aromatic N) is 1. The van der Waals surface area contributed by atoms with Crippen molar-refractivity contribution in [1.29, 1.82) is 0 Å². The molecule has 2 fully saturated rings. The van der Waals surface area contributed by atoms with Gasteiger partial charge >= 0.3 is 0 Å². The number of fused-ring (bicyclic) bond motifs is 5. The topological polar surface area (TPSA) is 12.4 Å². The molecule has 0 aromatic carbocycles. The molecule has 4 unspecified atom stereocenters. The summed E-state index contributed by atoms with van der Waals surface area (Å²) < 4.78 is 0.525. The number of hydrogen-bond acceptors (Lipinski definition) is 1. The third-order valence-electron chi connectivity index (χ3n) is 4.51. The summed E-state index contributed by atoms with van der Waals surface area (Å²) in [5.74, 6) is 2.45. The summed E-state index contributed by atoms with van der Waals surface area (Å²) >= 11 is 12.1. The highest BCUT2D eigenvalue weighted by atomic mass is 35.5. The van der Waals surface area contributed by atoms with Gasteiger partial charge in [-0.2, -0.15) is 0 Å². The Bertz CT molecular complexity index is 404. The summed E-state index contributed by atoms with van der Waals surface area (Å²) in [5, 5.41) is 0. The molecule has 2 saturated carbocycles. The molecular formula is C13H15Cl2N. The Morgan fingerprint density at radius 1 is 1.31 bits per heavy atom. The van der Waals surface area contributed by atoms with Gasteiger partial charge in [0.1, 0.15) is 4.49 Å². The lowest BCUT2D eigenvalue weighted by atomic mass is 9.72. The van der Waals surface area contributed by atoms with Crippen LogP contribution in [0.25, 0.3) is 0 Å². The number of rotatable bonds is 0. The van der Waals surface area contributed by atoms with Crippen LogP contribution >= 0.6 is 23.2 Å². The lowest BCUT2D eigenvalue weighted by Crippen LogP contribution is -2.30. The molecule has 2 bridgehead atoms. The second kappa shape index (κ2) is 3.89. The predicted molar refractivity (Wildman–Crippen MR) is 69.0 cm³/mol. The fraction of sp³-hybridized carbons (Fsp3) is 0.615. The van der Waals surface area contributed by atoms with E-state index in [2.05, 4.69) is 17.1 Å². The molecule has 0 radical (unpaired) electrons. The van der Waals surface area contributed by atoms with E-state index in [0.717, 1.165) is 6.42 Å². The van der Waals surface area contributed by atoms with Crippen LogP contribution in [-0.4, -0.2) is 12.8 Å². The highest BCUT2D eigenvalue weighted by Crippen LogP contribution is 2.60. The van der Waals surface area contributed by atoms with E-state index in [9.17, 15) is 0 Å². The summed E-state index contributed by atoms with van der Waals surface area (Å²) in [6.07, 6.45) is 8.09. The average Bonchev–Trinajstić information content (AvgIpc) is 2.84. The number of aliphatic imine (C=N–C) groups is 1. The molecule has 3 aliphatic carbocycles. The van der Waals surface area contributed by atoms with Crippen molar-refractivity contribution >= 4 is 28.9 Å². The molecular weight excluding hydrogens is 241 g/mol. The Hall–Kier alpha value is -0.270. The Kier molecular flexibility index (Phi) is 2.64. The van der Waals surface area contributed by atoms with Crippen LogP contribution in [0.15, 0.2) is 27.2 Å². The second-order valence-corrected chi connectivity index (χ2v) is 5.93. The van der Waals surface area contributed by atoms with Crippen LogP contribution in [0, 0.1) is 23.7 Å². The lowest BCUT2D eigenvalue weighted by Gasteiger charge is -2.32. The van der Waals surface area contributed by atoms with Crippen molar-refractivity contribution in [2.45, 2.75) is 19.3 Å². The van der Waals surface area contributed by atoms with Gasteiger partial charge in [-0.05, 0) is 48.7 Å². The molecule has 16 heavy (non-hydrogen) atoms. The second-order valence-electron chi connectivity index (χ2n) is 4.98. The summed E-state index contributed by atoms with van der Waals surface area (Å²) in [6.45, 7) is 0. The molecule has 0 aliphatic heterocycles. The summed E-state index contributed by atoms with van der Waals surface area (Å²) in [4.78, 5) is 4.42. The van der Waals surface area contributed by atoms with Crippen molar-refractivity contribution in [1.82, 2.24) is 0 Å². The Labute approximate surface area is 106 Å². The van der Waals surface area contributed by atoms with Crippen LogP contribution in [0.3, 0.4) is 0 Å². The van der Waals surface area contributed by atoms with Gasteiger partial charge in [-0.3, -0.25) is 4.99 Å². The van der Waals surface area contributed by atoms with Crippen molar-refractivity contribution in [2.75, 3.05) is 7.05 Å². The lowest BCUT2D eigenvalue weighted by molar-refractivity contribution is 0.281. The maximum Gasteiger partial charge on any atom is 0.106 e. The molecule has 1 nitrogen and oxygen atoms in total. The maximum atomic E-state index is 6.05. The highest BCUT2D eigenvalue weighted by molar-refractivity contribution is 6.56. The van der Waals surface area contributed by atoms with Crippen molar-refractivity contribution in [3.63, 3.8) is 0 Å². The van der Waals surface area contributed by atoms with Crippen molar-refractivity contribution in [2.24, 2.45) is 28.7 Å². The largest absolute Gasteiger partial charge is 0.293 e. The Morgan fingerprint density at radius 2 is 2.06 bits per heavy atom. The van der Waals surface area contributed by atoms with Crippen LogP contribution in [-0.2, 0) is 0 Å². The molecule has 0 aromatic rings. The molecule has 3 rings (SSSR count). The smallest absolute Gasteiger partial charge is 0.106 e. The van der Waals surface area contributed by atoms with Crippen LogP contribution < -0.4 is 0 Å². The minimum atomic E-state index is 0.525. The van der Waals surface area contributed by atoms with E-state index in [1.165, 1.54) is 24.1 Å². The van der Waals surface area contributed by atoms with Gasteiger partial charge in [-0.25, -0.2) is 0 Å². The van der Waals surface area contributed by atoms with Gasteiger partial charge in [0.25, 0.3) is 0 Å². The van der Waals surface area contributed by atoms with E-state index in [4.69, 9.17) is 23.2 Å². The van der Waals surface area contributed by atoms with E-state index >= 15 is 0 Å². The number of hydrogen-bond donors (Lipinski definition) is 0. The minimum Gasteiger partial charge on any atom is -0.293 e. The van der Waals surface area contributed by atoms with Gasteiger partial charge in [-0.1, -0.05) is 29.3 Å². The SMILES string of the molecule is CN=C1C=CCC2C3CCC(C3=C(Cl)Cl)C12.